The third-order valence-corrected chi connectivity index (χ3v) is 3.74. The molecule has 1 aromatic carbocycles. The summed E-state index contributed by atoms with van der Waals surface area (Å²) in [5.74, 6) is 0.998. The van der Waals surface area contributed by atoms with E-state index in [2.05, 4.69) is 31.4 Å². The van der Waals surface area contributed by atoms with Crippen molar-refractivity contribution in [1.82, 2.24) is 15.5 Å². The molecule has 2 aromatic rings. The Morgan fingerprint density at radius 1 is 1.25 bits per heavy atom. The van der Waals surface area contributed by atoms with Crippen LogP contribution in [0.5, 0.6) is 11.6 Å². The smallest absolute Gasteiger partial charge is 0.238 e. The second kappa shape index (κ2) is 6.08. The van der Waals surface area contributed by atoms with Crippen molar-refractivity contribution >= 4 is 27.5 Å². The zero-order valence-electron chi connectivity index (χ0n) is 10.6. The third-order valence-electron chi connectivity index (χ3n) is 2.95. The number of rotatable bonds is 5. The molecule has 1 aliphatic carbocycles. The molecule has 0 unspecified atom stereocenters. The molecular weight excluding hydrogens is 342 g/mol. The van der Waals surface area contributed by atoms with E-state index in [0.717, 1.165) is 16.7 Å². The molecule has 0 spiro atoms. The highest BCUT2D eigenvalue weighted by Crippen LogP contribution is 2.30. The van der Waals surface area contributed by atoms with Crippen molar-refractivity contribution in [2.45, 2.75) is 25.4 Å². The average molecular weight is 355 g/mol. The molecule has 1 aromatic heterocycles. The van der Waals surface area contributed by atoms with Gasteiger partial charge in [0.2, 0.25) is 5.88 Å². The van der Waals surface area contributed by atoms with E-state index >= 15 is 0 Å². The fourth-order valence-corrected chi connectivity index (χ4v) is 2.42. The Labute approximate surface area is 130 Å². The van der Waals surface area contributed by atoms with E-state index in [-0.39, 0.29) is 0 Å². The molecule has 1 aliphatic rings. The Kier molecular flexibility index (Phi) is 4.19. The Bertz CT molecular complexity index is 602. The molecule has 20 heavy (non-hydrogen) atoms. The molecular formula is C14H13BrClN3O. The van der Waals surface area contributed by atoms with Gasteiger partial charge in [-0.25, -0.2) is 0 Å². The third kappa shape index (κ3) is 3.69. The second-order valence-electron chi connectivity index (χ2n) is 4.69. The van der Waals surface area contributed by atoms with E-state index in [1.807, 2.05) is 12.1 Å². The van der Waals surface area contributed by atoms with Gasteiger partial charge in [-0.3, -0.25) is 0 Å². The number of ether oxygens (including phenoxy) is 1. The summed E-state index contributed by atoms with van der Waals surface area (Å²) in [6, 6.07) is 9.80. The van der Waals surface area contributed by atoms with Gasteiger partial charge in [-0.2, -0.15) is 5.10 Å². The summed E-state index contributed by atoms with van der Waals surface area (Å²) < 4.78 is 6.52. The molecule has 0 bridgehead atoms. The minimum atomic E-state index is 0.435. The molecule has 0 radical (unpaired) electrons. The van der Waals surface area contributed by atoms with Gasteiger partial charge in [-0.1, -0.05) is 27.5 Å². The summed E-state index contributed by atoms with van der Waals surface area (Å²) >= 11 is 9.44. The predicted molar refractivity (Wildman–Crippen MR) is 81.1 cm³/mol. The average Bonchev–Trinajstić information content (AvgIpc) is 3.25. The summed E-state index contributed by atoms with van der Waals surface area (Å²) in [5, 5.41) is 12.1. The summed E-state index contributed by atoms with van der Waals surface area (Å²) in [4.78, 5) is 0. The van der Waals surface area contributed by atoms with Gasteiger partial charge in [-0.05, 0) is 37.1 Å². The van der Waals surface area contributed by atoms with Crippen molar-refractivity contribution in [2.75, 3.05) is 0 Å². The lowest BCUT2D eigenvalue weighted by molar-refractivity contribution is 0.453. The van der Waals surface area contributed by atoms with Crippen LogP contribution in [0.15, 0.2) is 34.8 Å². The highest BCUT2D eigenvalue weighted by molar-refractivity contribution is 9.10. The molecule has 3 rings (SSSR count). The molecule has 0 amide bonds. The molecule has 1 N–H and O–H groups in total. The van der Waals surface area contributed by atoms with E-state index in [1.165, 1.54) is 12.8 Å². The van der Waals surface area contributed by atoms with Gasteiger partial charge in [0.05, 0.1) is 10.7 Å². The van der Waals surface area contributed by atoms with Gasteiger partial charge in [0.15, 0.2) is 0 Å². The van der Waals surface area contributed by atoms with E-state index in [0.29, 0.717) is 22.7 Å². The first-order valence-corrected chi connectivity index (χ1v) is 7.57. The maximum absolute atomic E-state index is 6.09. The van der Waals surface area contributed by atoms with E-state index in [1.54, 1.807) is 18.2 Å². The van der Waals surface area contributed by atoms with Crippen LogP contribution in [0.4, 0.5) is 0 Å². The molecule has 1 saturated carbocycles. The highest BCUT2D eigenvalue weighted by atomic mass is 79.9. The maximum atomic E-state index is 6.09. The highest BCUT2D eigenvalue weighted by Gasteiger charge is 2.20. The fraction of sp³-hybridized carbons (Fsp3) is 0.286. The normalized spacial score (nSPS) is 14.3. The first-order valence-electron chi connectivity index (χ1n) is 6.39. The number of hydrogen-bond acceptors (Lipinski definition) is 4. The van der Waals surface area contributed by atoms with Crippen molar-refractivity contribution in [1.29, 1.82) is 0 Å². The molecule has 0 atom stereocenters. The number of halogens is 2. The summed E-state index contributed by atoms with van der Waals surface area (Å²) in [6.45, 7) is 0.747. The van der Waals surface area contributed by atoms with Crippen molar-refractivity contribution < 1.29 is 4.74 Å². The number of benzene rings is 1. The minimum Gasteiger partial charge on any atom is -0.436 e. The maximum Gasteiger partial charge on any atom is 0.238 e. The van der Waals surface area contributed by atoms with Gasteiger partial charge in [0.25, 0.3) is 0 Å². The Morgan fingerprint density at radius 2 is 2.10 bits per heavy atom. The second-order valence-corrected chi connectivity index (χ2v) is 6.02. The Balaban J connectivity index is 1.64. The minimum absolute atomic E-state index is 0.435. The quantitative estimate of drug-likeness (QED) is 0.883. The van der Waals surface area contributed by atoms with Crippen LogP contribution in [0, 0.1) is 0 Å². The van der Waals surface area contributed by atoms with Gasteiger partial charge in [0, 0.05) is 23.1 Å². The van der Waals surface area contributed by atoms with Crippen LogP contribution in [-0.4, -0.2) is 16.2 Å². The summed E-state index contributed by atoms with van der Waals surface area (Å²) in [7, 11) is 0. The topological polar surface area (TPSA) is 47.0 Å². The van der Waals surface area contributed by atoms with Crippen LogP contribution in [0.2, 0.25) is 5.02 Å². The number of hydrogen-bond donors (Lipinski definition) is 1. The molecule has 0 saturated heterocycles. The number of nitrogens with one attached hydrogen (secondary N) is 1. The van der Waals surface area contributed by atoms with Gasteiger partial charge >= 0.3 is 0 Å². The summed E-state index contributed by atoms with van der Waals surface area (Å²) in [5.41, 5.74) is 0.908. The van der Waals surface area contributed by atoms with Crippen molar-refractivity contribution in [3.63, 3.8) is 0 Å². The standard InChI is InChI=1S/C14H13BrClN3O/c15-9-1-5-13(12(16)7-9)20-14-6-4-11(18-19-14)8-17-10-2-3-10/h1,4-7,10,17H,2-3,8H2. The van der Waals surface area contributed by atoms with Crippen LogP contribution in [0.25, 0.3) is 0 Å². The fourth-order valence-electron chi connectivity index (χ4n) is 1.70. The number of nitrogens with zero attached hydrogens (tertiary/aromatic N) is 2. The van der Waals surface area contributed by atoms with Crippen LogP contribution in [-0.2, 0) is 6.54 Å². The van der Waals surface area contributed by atoms with Gasteiger partial charge in [-0.15, -0.1) is 5.10 Å². The zero-order chi connectivity index (χ0) is 13.9. The molecule has 0 aliphatic heterocycles. The zero-order valence-corrected chi connectivity index (χ0v) is 13.0. The van der Waals surface area contributed by atoms with Crippen molar-refractivity contribution in [3.05, 3.63) is 45.5 Å². The first kappa shape index (κ1) is 13.8. The largest absolute Gasteiger partial charge is 0.436 e. The molecule has 104 valence electrons. The van der Waals surface area contributed by atoms with Crippen LogP contribution >= 0.6 is 27.5 Å². The first-order chi connectivity index (χ1) is 9.70. The van der Waals surface area contributed by atoms with E-state index in [9.17, 15) is 0 Å². The van der Waals surface area contributed by atoms with Crippen LogP contribution < -0.4 is 10.1 Å². The Morgan fingerprint density at radius 3 is 2.75 bits per heavy atom. The Hall–Kier alpha value is -1.17. The molecule has 6 heteroatoms. The van der Waals surface area contributed by atoms with Gasteiger partial charge in [0.1, 0.15) is 5.75 Å². The number of aromatic nitrogens is 2. The lowest BCUT2D eigenvalue weighted by Gasteiger charge is -2.07. The molecule has 1 fully saturated rings. The monoisotopic (exact) mass is 353 g/mol. The predicted octanol–water partition coefficient (Wildman–Crippen LogP) is 3.94. The molecule has 4 nitrogen and oxygen atoms in total. The van der Waals surface area contributed by atoms with Crippen LogP contribution in [0.1, 0.15) is 18.5 Å². The SMILES string of the molecule is Clc1cc(Br)ccc1Oc1ccc(CNC2CC2)nn1. The van der Waals surface area contributed by atoms with Crippen molar-refractivity contribution in [3.8, 4) is 11.6 Å². The summed E-state index contributed by atoms with van der Waals surface area (Å²) in [6.07, 6.45) is 2.52. The lowest BCUT2D eigenvalue weighted by atomic mass is 10.3. The van der Waals surface area contributed by atoms with Crippen LogP contribution in [0.3, 0.4) is 0 Å². The van der Waals surface area contributed by atoms with E-state index in [4.69, 9.17) is 16.3 Å². The lowest BCUT2D eigenvalue weighted by Crippen LogP contribution is -2.16. The van der Waals surface area contributed by atoms with Crippen molar-refractivity contribution in [2.24, 2.45) is 0 Å². The van der Waals surface area contributed by atoms with E-state index < -0.39 is 0 Å². The molecule has 1 heterocycles. The van der Waals surface area contributed by atoms with Gasteiger partial charge < -0.3 is 10.1 Å².